The van der Waals surface area contributed by atoms with Crippen molar-refractivity contribution < 1.29 is 37.2 Å². The molecule has 0 unspecified atom stereocenters. The van der Waals surface area contributed by atoms with Gasteiger partial charge in [0, 0.05) is 81.4 Å². The van der Waals surface area contributed by atoms with Crippen LogP contribution < -0.4 is 24.8 Å². The second kappa shape index (κ2) is 19.3. The Bertz CT molecular complexity index is 1390. The molecule has 1 fully saturated rings. The SMILES string of the molecule is COCCN(CCOC)c1nc(N2CCC(OC)CC2)c2nc(N(CCOC)CCOC)nc(NCc3cccc(OC(F)F)c3)c2n1. The molecule has 4 rings (SSSR count). The zero-order chi connectivity index (χ0) is 34.3. The van der Waals surface area contributed by atoms with Crippen LogP contribution in [0.25, 0.3) is 11.0 Å². The fourth-order valence-electron chi connectivity index (χ4n) is 5.35. The van der Waals surface area contributed by atoms with E-state index in [0.29, 0.717) is 87.2 Å². The summed E-state index contributed by atoms with van der Waals surface area (Å²) in [5, 5.41) is 3.41. The lowest BCUT2D eigenvalue weighted by molar-refractivity contribution is -0.0498. The van der Waals surface area contributed by atoms with Crippen molar-refractivity contribution in [3.8, 4) is 5.75 Å². The summed E-state index contributed by atoms with van der Waals surface area (Å²) in [6.07, 6.45) is 1.84. The molecule has 0 atom stereocenters. The fourth-order valence-corrected chi connectivity index (χ4v) is 5.35. The third-order valence-electron chi connectivity index (χ3n) is 7.99. The molecule has 48 heavy (non-hydrogen) atoms. The number of anilines is 4. The van der Waals surface area contributed by atoms with Crippen molar-refractivity contribution in [1.82, 2.24) is 19.9 Å². The quantitative estimate of drug-likeness (QED) is 0.177. The number of hydrogen-bond donors (Lipinski definition) is 1. The van der Waals surface area contributed by atoms with Crippen LogP contribution in [0.2, 0.25) is 0 Å². The van der Waals surface area contributed by atoms with E-state index < -0.39 is 6.61 Å². The molecule has 1 N–H and O–H groups in total. The molecule has 1 aliphatic rings. The number of ether oxygens (including phenoxy) is 6. The van der Waals surface area contributed by atoms with Gasteiger partial charge in [-0.05, 0) is 30.5 Å². The summed E-state index contributed by atoms with van der Waals surface area (Å²) in [7, 11) is 8.33. The summed E-state index contributed by atoms with van der Waals surface area (Å²) in [5.41, 5.74) is 1.82. The Labute approximate surface area is 280 Å². The van der Waals surface area contributed by atoms with Crippen molar-refractivity contribution in [2.75, 3.05) is 121 Å². The smallest absolute Gasteiger partial charge is 0.387 e. The van der Waals surface area contributed by atoms with Gasteiger partial charge in [0.05, 0.1) is 32.5 Å². The van der Waals surface area contributed by atoms with Crippen LogP contribution in [0.15, 0.2) is 24.3 Å². The molecule has 1 saturated heterocycles. The number of aromatic nitrogens is 4. The van der Waals surface area contributed by atoms with E-state index in [9.17, 15) is 8.78 Å². The first-order valence-corrected chi connectivity index (χ1v) is 16.0. The summed E-state index contributed by atoms with van der Waals surface area (Å²) in [6.45, 7) is 2.72. The summed E-state index contributed by atoms with van der Waals surface area (Å²) < 4.78 is 57.8. The number of nitrogens with one attached hydrogen (secondary N) is 1. The highest BCUT2D eigenvalue weighted by Crippen LogP contribution is 2.33. The summed E-state index contributed by atoms with van der Waals surface area (Å²) in [5.74, 6) is 2.16. The topological polar surface area (TPSA) is 129 Å². The van der Waals surface area contributed by atoms with Gasteiger partial charge in [0.15, 0.2) is 11.6 Å². The van der Waals surface area contributed by atoms with E-state index in [0.717, 1.165) is 31.5 Å². The van der Waals surface area contributed by atoms with Crippen molar-refractivity contribution in [3.05, 3.63) is 29.8 Å². The Morgan fingerprint density at radius 1 is 0.792 bits per heavy atom. The van der Waals surface area contributed by atoms with E-state index >= 15 is 0 Å². The van der Waals surface area contributed by atoms with Gasteiger partial charge in [-0.3, -0.25) is 0 Å². The molecule has 1 aliphatic heterocycles. The molecule has 0 radical (unpaired) electrons. The van der Waals surface area contributed by atoms with E-state index in [1.807, 2.05) is 15.9 Å². The fraction of sp³-hybridized carbons (Fsp3) is 0.625. The molecule has 0 bridgehead atoms. The minimum Gasteiger partial charge on any atom is -0.435 e. The summed E-state index contributed by atoms with van der Waals surface area (Å²) in [6, 6.07) is 6.55. The number of halogens is 2. The number of benzene rings is 1. The van der Waals surface area contributed by atoms with E-state index in [1.165, 1.54) is 6.07 Å². The van der Waals surface area contributed by atoms with Crippen LogP contribution in [0.1, 0.15) is 18.4 Å². The van der Waals surface area contributed by atoms with Gasteiger partial charge in [-0.1, -0.05) is 12.1 Å². The van der Waals surface area contributed by atoms with Gasteiger partial charge in [-0.25, -0.2) is 9.97 Å². The van der Waals surface area contributed by atoms with E-state index in [2.05, 4.69) is 15.0 Å². The average molecular weight is 679 g/mol. The Morgan fingerprint density at radius 2 is 1.35 bits per heavy atom. The first-order valence-electron chi connectivity index (χ1n) is 16.0. The normalized spacial score (nSPS) is 13.8. The van der Waals surface area contributed by atoms with Crippen LogP contribution in [0.3, 0.4) is 0 Å². The second-order valence-electron chi connectivity index (χ2n) is 11.2. The lowest BCUT2D eigenvalue weighted by atomic mass is 10.1. The Morgan fingerprint density at radius 3 is 1.90 bits per heavy atom. The third-order valence-corrected chi connectivity index (χ3v) is 7.99. The van der Waals surface area contributed by atoms with Gasteiger partial charge in [-0.2, -0.15) is 18.7 Å². The molecule has 0 aliphatic carbocycles. The highest BCUT2D eigenvalue weighted by Gasteiger charge is 2.27. The average Bonchev–Trinajstić information content (AvgIpc) is 3.10. The molecule has 3 heterocycles. The second-order valence-corrected chi connectivity index (χ2v) is 11.2. The maximum absolute atomic E-state index is 12.9. The van der Waals surface area contributed by atoms with Crippen LogP contribution in [0.5, 0.6) is 5.75 Å². The zero-order valence-electron chi connectivity index (χ0n) is 28.5. The van der Waals surface area contributed by atoms with Gasteiger partial charge in [0.25, 0.3) is 0 Å². The molecule has 266 valence electrons. The molecule has 2 aromatic heterocycles. The molecular formula is C32H48F2N8O6. The molecule has 0 saturated carbocycles. The highest BCUT2D eigenvalue weighted by atomic mass is 19.3. The number of hydrogen-bond acceptors (Lipinski definition) is 14. The minimum absolute atomic E-state index is 0.0705. The number of methoxy groups -OCH3 is 5. The lowest BCUT2D eigenvalue weighted by Gasteiger charge is -2.33. The maximum Gasteiger partial charge on any atom is 0.387 e. The standard InChI is InChI=1S/C32H48F2N8O6/c1-43-17-13-41(14-18-44-2)31-37-27-26(28(38-31)35-22-23-7-6-8-25(21-23)48-30(33)34)36-32(42(15-19-45-3)16-20-46-4)39-29(27)40-11-9-24(47-5)10-12-40/h6-8,21,24,30H,9-20,22H2,1-5H3,(H,35,37,38). The molecule has 1 aromatic carbocycles. The van der Waals surface area contributed by atoms with Crippen molar-refractivity contribution in [1.29, 1.82) is 0 Å². The van der Waals surface area contributed by atoms with Crippen LogP contribution in [0, 0.1) is 0 Å². The summed E-state index contributed by atoms with van der Waals surface area (Å²) >= 11 is 0. The Balaban J connectivity index is 1.87. The first kappa shape index (κ1) is 37.1. The number of nitrogens with zero attached hydrogens (tertiary/aromatic N) is 7. The zero-order valence-corrected chi connectivity index (χ0v) is 28.5. The number of fused-ring (bicyclic) bond motifs is 1. The van der Waals surface area contributed by atoms with Gasteiger partial charge in [-0.15, -0.1) is 0 Å². The number of alkyl halides is 2. The van der Waals surface area contributed by atoms with Gasteiger partial charge in [0.2, 0.25) is 11.9 Å². The number of rotatable bonds is 21. The molecule has 3 aromatic rings. The molecule has 14 nitrogen and oxygen atoms in total. The predicted octanol–water partition coefficient (Wildman–Crippen LogP) is 3.45. The maximum atomic E-state index is 12.9. The number of piperidine rings is 1. The van der Waals surface area contributed by atoms with E-state index in [-0.39, 0.29) is 18.4 Å². The van der Waals surface area contributed by atoms with Crippen molar-refractivity contribution in [2.45, 2.75) is 32.1 Å². The van der Waals surface area contributed by atoms with Crippen molar-refractivity contribution >= 4 is 34.6 Å². The van der Waals surface area contributed by atoms with Crippen LogP contribution in [0.4, 0.5) is 32.3 Å². The third kappa shape index (κ3) is 10.4. The van der Waals surface area contributed by atoms with Gasteiger partial charge in [0.1, 0.15) is 16.8 Å². The molecule has 0 amide bonds. The molecule has 16 heteroatoms. The first-order chi connectivity index (χ1) is 23.4. The Kier molecular flexibility index (Phi) is 15.0. The highest BCUT2D eigenvalue weighted by molar-refractivity contribution is 5.95. The van der Waals surface area contributed by atoms with Crippen LogP contribution >= 0.6 is 0 Å². The van der Waals surface area contributed by atoms with Gasteiger partial charge >= 0.3 is 6.61 Å². The van der Waals surface area contributed by atoms with Crippen LogP contribution in [-0.2, 0) is 30.2 Å². The molecule has 0 spiro atoms. The van der Waals surface area contributed by atoms with Crippen LogP contribution in [-0.4, -0.2) is 134 Å². The largest absolute Gasteiger partial charge is 0.435 e. The van der Waals surface area contributed by atoms with E-state index in [1.54, 1.807) is 47.7 Å². The van der Waals surface area contributed by atoms with Crippen molar-refractivity contribution in [2.24, 2.45) is 0 Å². The van der Waals surface area contributed by atoms with E-state index in [4.69, 9.17) is 43.6 Å². The van der Waals surface area contributed by atoms with Gasteiger partial charge < -0.3 is 48.4 Å². The van der Waals surface area contributed by atoms with Crippen molar-refractivity contribution in [3.63, 3.8) is 0 Å². The predicted molar refractivity (Wildman–Crippen MR) is 180 cm³/mol. The Hall–Kier alpha value is -3.70. The summed E-state index contributed by atoms with van der Waals surface area (Å²) in [4.78, 5) is 26.4. The monoisotopic (exact) mass is 678 g/mol. The lowest BCUT2D eigenvalue weighted by Crippen LogP contribution is -2.38. The molecular weight excluding hydrogens is 630 g/mol. The minimum atomic E-state index is -2.92.